The number of rotatable bonds is 6. The zero-order chi connectivity index (χ0) is 21.6. The van der Waals surface area contributed by atoms with Crippen LogP contribution in [-0.2, 0) is 4.79 Å². The summed E-state index contributed by atoms with van der Waals surface area (Å²) in [6, 6.07) is 18.5. The summed E-state index contributed by atoms with van der Waals surface area (Å²) >= 11 is 0. The number of carbonyl (C=O) groups is 2. The van der Waals surface area contributed by atoms with Gasteiger partial charge < -0.3 is 19.4 Å². The van der Waals surface area contributed by atoms with E-state index >= 15 is 0 Å². The topological polar surface area (TPSA) is 75.0 Å². The van der Waals surface area contributed by atoms with E-state index in [0.29, 0.717) is 43.4 Å². The van der Waals surface area contributed by atoms with Crippen LogP contribution in [0.25, 0.3) is 0 Å². The minimum Gasteiger partial charge on any atom is -0.459 e. The summed E-state index contributed by atoms with van der Waals surface area (Å²) in [7, 11) is 0. The van der Waals surface area contributed by atoms with E-state index in [9.17, 15) is 9.59 Å². The molecule has 4 rings (SSSR count). The Morgan fingerprint density at radius 1 is 0.968 bits per heavy atom. The first kappa shape index (κ1) is 20.7. The Balaban J connectivity index is 1.23. The largest absolute Gasteiger partial charge is 0.459 e. The molecular formula is C24H25N3O4. The van der Waals surface area contributed by atoms with Crippen molar-refractivity contribution < 1.29 is 18.7 Å². The van der Waals surface area contributed by atoms with Crippen molar-refractivity contribution in [1.29, 1.82) is 0 Å². The van der Waals surface area contributed by atoms with Gasteiger partial charge in [-0.05, 0) is 61.0 Å². The van der Waals surface area contributed by atoms with E-state index in [0.717, 1.165) is 11.3 Å². The molecule has 1 saturated heterocycles. The molecule has 2 aromatic carbocycles. The Hall–Kier alpha value is -3.58. The van der Waals surface area contributed by atoms with Crippen LogP contribution >= 0.6 is 0 Å². The van der Waals surface area contributed by atoms with E-state index in [-0.39, 0.29) is 18.4 Å². The SMILES string of the molecule is Cc1cccc(Oc2ccc(NC(=O)CN3CCN(C(=O)c4ccco4)CC3)cc2)c1. The summed E-state index contributed by atoms with van der Waals surface area (Å²) in [5.74, 6) is 1.64. The van der Waals surface area contributed by atoms with E-state index in [2.05, 4.69) is 5.32 Å². The van der Waals surface area contributed by atoms with Crippen LogP contribution in [0.4, 0.5) is 5.69 Å². The van der Waals surface area contributed by atoms with Gasteiger partial charge in [0.15, 0.2) is 5.76 Å². The van der Waals surface area contributed by atoms with Gasteiger partial charge in [-0.15, -0.1) is 0 Å². The highest BCUT2D eigenvalue weighted by Crippen LogP contribution is 2.23. The van der Waals surface area contributed by atoms with Crippen molar-refractivity contribution in [3.05, 3.63) is 78.3 Å². The average Bonchev–Trinajstić information content (AvgIpc) is 3.30. The van der Waals surface area contributed by atoms with E-state index in [1.54, 1.807) is 17.0 Å². The first-order chi connectivity index (χ1) is 15.1. The number of hydrogen-bond donors (Lipinski definition) is 1. The molecule has 1 fully saturated rings. The van der Waals surface area contributed by atoms with E-state index in [1.807, 2.05) is 60.4 Å². The third-order valence-electron chi connectivity index (χ3n) is 5.12. The Morgan fingerprint density at radius 3 is 2.42 bits per heavy atom. The lowest BCUT2D eigenvalue weighted by molar-refractivity contribution is -0.117. The number of nitrogens with zero attached hydrogens (tertiary/aromatic N) is 2. The molecule has 1 aliphatic heterocycles. The molecule has 0 radical (unpaired) electrons. The maximum Gasteiger partial charge on any atom is 0.289 e. The minimum absolute atomic E-state index is 0.0850. The number of nitrogens with one attached hydrogen (secondary N) is 1. The second kappa shape index (κ2) is 9.49. The normalized spacial score (nSPS) is 14.3. The summed E-state index contributed by atoms with van der Waals surface area (Å²) in [5, 5.41) is 2.91. The molecule has 7 nitrogen and oxygen atoms in total. The molecule has 0 aliphatic carbocycles. The Bertz CT molecular complexity index is 1020. The van der Waals surface area contributed by atoms with Gasteiger partial charge >= 0.3 is 0 Å². The standard InChI is InChI=1S/C24H25N3O4/c1-18-4-2-5-21(16-18)31-20-9-7-19(8-10-20)25-23(28)17-26-11-13-27(14-12-26)24(29)22-6-3-15-30-22/h2-10,15-16H,11-14,17H2,1H3,(H,25,28). The van der Waals surface area contributed by atoms with Crippen LogP contribution in [0.5, 0.6) is 11.5 Å². The number of piperazine rings is 1. The smallest absolute Gasteiger partial charge is 0.289 e. The molecule has 1 aliphatic rings. The lowest BCUT2D eigenvalue weighted by Gasteiger charge is -2.33. The van der Waals surface area contributed by atoms with Crippen LogP contribution in [0.3, 0.4) is 0 Å². The second-order valence-corrected chi connectivity index (χ2v) is 7.54. The fourth-order valence-electron chi connectivity index (χ4n) is 3.49. The Labute approximate surface area is 181 Å². The zero-order valence-corrected chi connectivity index (χ0v) is 17.4. The van der Waals surface area contributed by atoms with Crippen molar-refractivity contribution in [3.63, 3.8) is 0 Å². The Kier molecular flexibility index (Phi) is 6.33. The van der Waals surface area contributed by atoms with Crippen molar-refractivity contribution in [1.82, 2.24) is 9.80 Å². The second-order valence-electron chi connectivity index (χ2n) is 7.54. The van der Waals surface area contributed by atoms with Crippen LogP contribution < -0.4 is 10.1 Å². The monoisotopic (exact) mass is 419 g/mol. The summed E-state index contributed by atoms with van der Waals surface area (Å²) in [6.07, 6.45) is 1.50. The number of benzene rings is 2. The molecule has 1 N–H and O–H groups in total. The molecular weight excluding hydrogens is 394 g/mol. The third-order valence-corrected chi connectivity index (χ3v) is 5.12. The summed E-state index contributed by atoms with van der Waals surface area (Å²) in [6.45, 7) is 4.72. The van der Waals surface area contributed by atoms with Crippen LogP contribution in [0.2, 0.25) is 0 Å². The highest BCUT2D eigenvalue weighted by atomic mass is 16.5. The van der Waals surface area contributed by atoms with Gasteiger partial charge in [0.25, 0.3) is 5.91 Å². The van der Waals surface area contributed by atoms with E-state index in [4.69, 9.17) is 9.15 Å². The molecule has 0 saturated carbocycles. The van der Waals surface area contributed by atoms with Gasteiger partial charge in [-0.1, -0.05) is 12.1 Å². The van der Waals surface area contributed by atoms with Crippen molar-refractivity contribution in [3.8, 4) is 11.5 Å². The third kappa shape index (κ3) is 5.52. The molecule has 2 amide bonds. The lowest BCUT2D eigenvalue weighted by Crippen LogP contribution is -2.50. The molecule has 0 unspecified atom stereocenters. The average molecular weight is 419 g/mol. The van der Waals surface area contributed by atoms with Crippen LogP contribution in [0.15, 0.2) is 71.3 Å². The fraction of sp³-hybridized carbons (Fsp3) is 0.250. The molecule has 0 atom stereocenters. The maximum absolute atomic E-state index is 12.4. The first-order valence-electron chi connectivity index (χ1n) is 10.3. The van der Waals surface area contributed by atoms with Gasteiger partial charge in [-0.2, -0.15) is 0 Å². The van der Waals surface area contributed by atoms with Gasteiger partial charge in [0.05, 0.1) is 12.8 Å². The van der Waals surface area contributed by atoms with E-state index in [1.165, 1.54) is 6.26 Å². The maximum atomic E-state index is 12.4. The van der Waals surface area contributed by atoms with Crippen molar-refractivity contribution in [2.24, 2.45) is 0 Å². The van der Waals surface area contributed by atoms with E-state index < -0.39 is 0 Å². The molecule has 1 aromatic heterocycles. The molecule has 7 heteroatoms. The molecule has 2 heterocycles. The quantitative estimate of drug-likeness (QED) is 0.658. The Morgan fingerprint density at radius 2 is 1.74 bits per heavy atom. The highest BCUT2D eigenvalue weighted by molar-refractivity contribution is 5.92. The van der Waals surface area contributed by atoms with Gasteiger partial charge in [-0.3, -0.25) is 14.5 Å². The first-order valence-corrected chi connectivity index (χ1v) is 10.3. The molecule has 0 bridgehead atoms. The summed E-state index contributed by atoms with van der Waals surface area (Å²) < 4.78 is 11.0. The molecule has 3 aromatic rings. The number of carbonyl (C=O) groups excluding carboxylic acids is 2. The molecule has 160 valence electrons. The van der Waals surface area contributed by atoms with Gasteiger partial charge in [-0.25, -0.2) is 0 Å². The van der Waals surface area contributed by atoms with Gasteiger partial charge in [0.1, 0.15) is 11.5 Å². The lowest BCUT2D eigenvalue weighted by atomic mass is 10.2. The van der Waals surface area contributed by atoms with Crippen molar-refractivity contribution >= 4 is 17.5 Å². The van der Waals surface area contributed by atoms with Crippen LogP contribution in [-0.4, -0.2) is 54.3 Å². The van der Waals surface area contributed by atoms with Crippen LogP contribution in [0, 0.1) is 6.92 Å². The number of amides is 2. The fourth-order valence-corrected chi connectivity index (χ4v) is 3.49. The zero-order valence-electron chi connectivity index (χ0n) is 17.4. The predicted octanol–water partition coefficient (Wildman–Crippen LogP) is 3.78. The van der Waals surface area contributed by atoms with Crippen molar-refractivity contribution in [2.75, 3.05) is 38.0 Å². The molecule has 31 heavy (non-hydrogen) atoms. The van der Waals surface area contributed by atoms with Crippen LogP contribution in [0.1, 0.15) is 16.1 Å². The number of ether oxygens (including phenoxy) is 1. The summed E-state index contributed by atoms with van der Waals surface area (Å²) in [5.41, 5.74) is 1.85. The van der Waals surface area contributed by atoms with Crippen molar-refractivity contribution in [2.45, 2.75) is 6.92 Å². The minimum atomic E-state index is -0.109. The predicted molar refractivity (Wildman–Crippen MR) is 117 cm³/mol. The number of aryl methyl sites for hydroxylation is 1. The van der Waals surface area contributed by atoms with Gasteiger partial charge in [0.2, 0.25) is 5.91 Å². The molecule has 0 spiro atoms. The summed E-state index contributed by atoms with van der Waals surface area (Å²) in [4.78, 5) is 28.5. The number of hydrogen-bond acceptors (Lipinski definition) is 5. The highest BCUT2D eigenvalue weighted by Gasteiger charge is 2.24. The number of furan rings is 1. The van der Waals surface area contributed by atoms with Gasteiger partial charge in [0, 0.05) is 31.9 Å². The number of anilines is 1.